The molecule has 2 rings (SSSR count). The van der Waals surface area contributed by atoms with Gasteiger partial charge in [-0.1, -0.05) is 0 Å². The lowest BCUT2D eigenvalue weighted by Gasteiger charge is -2.03. The quantitative estimate of drug-likeness (QED) is 0.811. The summed E-state index contributed by atoms with van der Waals surface area (Å²) in [5, 5.41) is 11.4. The maximum Gasteiger partial charge on any atom is 0.109 e. The van der Waals surface area contributed by atoms with E-state index in [0.29, 0.717) is 6.54 Å². The highest BCUT2D eigenvalue weighted by molar-refractivity contribution is 5.04. The van der Waals surface area contributed by atoms with Gasteiger partial charge in [0.2, 0.25) is 0 Å². The molecule has 5 nitrogen and oxygen atoms in total. The Morgan fingerprint density at radius 3 is 2.94 bits per heavy atom. The molecule has 0 aliphatic rings. The van der Waals surface area contributed by atoms with Gasteiger partial charge >= 0.3 is 0 Å². The Kier molecular flexibility index (Phi) is 3.87. The molecule has 17 heavy (non-hydrogen) atoms. The van der Waals surface area contributed by atoms with Crippen LogP contribution in [0.25, 0.3) is 0 Å². The lowest BCUT2D eigenvalue weighted by Crippen LogP contribution is -2.14. The van der Waals surface area contributed by atoms with Crippen LogP contribution in [0, 0.1) is 0 Å². The fourth-order valence-electron chi connectivity index (χ4n) is 1.62. The Morgan fingerprint density at radius 1 is 1.35 bits per heavy atom. The molecule has 0 saturated carbocycles. The van der Waals surface area contributed by atoms with Gasteiger partial charge < -0.3 is 5.32 Å². The van der Waals surface area contributed by atoms with E-state index in [-0.39, 0.29) is 6.67 Å². The second kappa shape index (κ2) is 5.58. The third-order valence-electron chi connectivity index (χ3n) is 2.56. The lowest BCUT2D eigenvalue weighted by atomic mass is 10.3. The molecule has 0 fully saturated rings. The lowest BCUT2D eigenvalue weighted by molar-refractivity contribution is 0.427. The summed E-state index contributed by atoms with van der Waals surface area (Å²) in [7, 11) is 1.91. The predicted octanol–water partition coefficient (Wildman–Crippen LogP) is 0.876. The van der Waals surface area contributed by atoms with E-state index >= 15 is 0 Å². The molecule has 2 heterocycles. The average Bonchev–Trinajstić information content (AvgIpc) is 2.90. The van der Waals surface area contributed by atoms with Crippen LogP contribution in [0.1, 0.15) is 11.3 Å². The predicted molar refractivity (Wildman–Crippen MR) is 62.0 cm³/mol. The maximum absolute atomic E-state index is 12.1. The van der Waals surface area contributed by atoms with Crippen LogP contribution in [-0.2, 0) is 26.7 Å². The highest BCUT2D eigenvalue weighted by Crippen LogP contribution is 2.00. The Morgan fingerprint density at radius 2 is 2.24 bits per heavy atom. The number of aromatic nitrogens is 4. The van der Waals surface area contributed by atoms with Crippen molar-refractivity contribution < 1.29 is 4.39 Å². The first-order valence-corrected chi connectivity index (χ1v) is 5.54. The van der Waals surface area contributed by atoms with Gasteiger partial charge in [0.15, 0.2) is 0 Å². The van der Waals surface area contributed by atoms with Gasteiger partial charge in [-0.2, -0.15) is 10.2 Å². The Bertz CT molecular complexity index is 462. The minimum Gasteiger partial charge on any atom is -0.307 e. The van der Waals surface area contributed by atoms with Crippen molar-refractivity contribution in [3.8, 4) is 0 Å². The summed E-state index contributed by atoms with van der Waals surface area (Å²) in [5.41, 5.74) is 2.18. The van der Waals surface area contributed by atoms with Crippen LogP contribution in [0.15, 0.2) is 24.7 Å². The van der Waals surface area contributed by atoms with Gasteiger partial charge in [0.1, 0.15) is 6.67 Å². The molecule has 0 unspecified atom stereocenters. The summed E-state index contributed by atoms with van der Waals surface area (Å²) in [6, 6.07) is 1.97. The molecule has 2 aromatic rings. The Balaban J connectivity index is 1.80. The molecule has 0 aromatic carbocycles. The minimum absolute atomic E-state index is 0.321. The van der Waals surface area contributed by atoms with Crippen molar-refractivity contribution in [1.82, 2.24) is 24.9 Å². The fourth-order valence-corrected chi connectivity index (χ4v) is 1.62. The molecule has 0 radical (unpaired) electrons. The number of alkyl halides is 1. The van der Waals surface area contributed by atoms with E-state index in [0.717, 1.165) is 24.3 Å². The van der Waals surface area contributed by atoms with E-state index < -0.39 is 0 Å². The van der Waals surface area contributed by atoms with Crippen LogP contribution in [0.5, 0.6) is 0 Å². The number of nitrogens with one attached hydrogen (secondary N) is 1. The summed E-state index contributed by atoms with van der Waals surface area (Å²) >= 11 is 0. The van der Waals surface area contributed by atoms with Crippen LogP contribution >= 0.6 is 0 Å². The van der Waals surface area contributed by atoms with Gasteiger partial charge in [-0.05, 0) is 6.07 Å². The number of nitrogens with zero attached hydrogens (tertiary/aromatic N) is 4. The Hall–Kier alpha value is -1.69. The highest BCUT2D eigenvalue weighted by atomic mass is 19.1. The zero-order valence-electron chi connectivity index (χ0n) is 9.80. The molecular formula is C11H16FN5. The van der Waals surface area contributed by atoms with Crippen molar-refractivity contribution in [3.63, 3.8) is 0 Å². The summed E-state index contributed by atoms with van der Waals surface area (Å²) in [6.07, 6.45) is 5.39. The highest BCUT2D eigenvalue weighted by Gasteiger charge is 2.00. The van der Waals surface area contributed by atoms with Gasteiger partial charge in [-0.15, -0.1) is 0 Å². The topological polar surface area (TPSA) is 47.7 Å². The van der Waals surface area contributed by atoms with Crippen molar-refractivity contribution in [3.05, 3.63) is 35.9 Å². The van der Waals surface area contributed by atoms with Crippen molar-refractivity contribution in [2.24, 2.45) is 7.05 Å². The first kappa shape index (κ1) is 11.8. The van der Waals surface area contributed by atoms with E-state index in [2.05, 4.69) is 15.5 Å². The zero-order chi connectivity index (χ0) is 12.1. The van der Waals surface area contributed by atoms with E-state index in [1.54, 1.807) is 17.1 Å². The second-order valence-corrected chi connectivity index (χ2v) is 3.85. The van der Waals surface area contributed by atoms with E-state index in [9.17, 15) is 4.39 Å². The molecule has 2 aromatic heterocycles. The number of aryl methyl sites for hydroxylation is 2. The van der Waals surface area contributed by atoms with Crippen molar-refractivity contribution in [2.45, 2.75) is 19.6 Å². The van der Waals surface area contributed by atoms with Gasteiger partial charge in [0.25, 0.3) is 0 Å². The summed E-state index contributed by atoms with van der Waals surface area (Å²) < 4.78 is 15.5. The molecular weight excluding hydrogens is 221 g/mol. The number of hydrogen-bond acceptors (Lipinski definition) is 3. The fraction of sp³-hybridized carbons (Fsp3) is 0.455. The molecule has 0 saturated heterocycles. The third-order valence-corrected chi connectivity index (χ3v) is 2.56. The standard InChI is InChI=1S/C11H16FN5/c1-16-11(2-4-14-16)8-13-6-10-7-15-17(9-10)5-3-12/h2,4,7,9,13H,3,5-6,8H2,1H3. The normalized spacial score (nSPS) is 10.9. The molecule has 1 N–H and O–H groups in total. The summed E-state index contributed by atoms with van der Waals surface area (Å²) in [4.78, 5) is 0. The molecule has 0 amide bonds. The maximum atomic E-state index is 12.1. The SMILES string of the molecule is Cn1nccc1CNCc1cnn(CCF)c1. The van der Waals surface area contributed by atoms with E-state index in [1.807, 2.05) is 24.0 Å². The molecule has 0 atom stereocenters. The van der Waals surface area contributed by atoms with Gasteiger partial charge in [0.05, 0.1) is 18.4 Å². The summed E-state index contributed by atoms with van der Waals surface area (Å²) in [6.45, 7) is 1.41. The van der Waals surface area contributed by atoms with Crippen LogP contribution in [-0.4, -0.2) is 26.2 Å². The number of hydrogen-bond donors (Lipinski definition) is 1. The first-order valence-electron chi connectivity index (χ1n) is 5.54. The minimum atomic E-state index is -0.385. The molecule has 0 bridgehead atoms. The second-order valence-electron chi connectivity index (χ2n) is 3.85. The van der Waals surface area contributed by atoms with Crippen LogP contribution < -0.4 is 5.32 Å². The zero-order valence-corrected chi connectivity index (χ0v) is 9.80. The largest absolute Gasteiger partial charge is 0.307 e. The van der Waals surface area contributed by atoms with Crippen molar-refractivity contribution >= 4 is 0 Å². The molecule has 6 heteroatoms. The average molecular weight is 237 g/mol. The smallest absolute Gasteiger partial charge is 0.109 e. The van der Waals surface area contributed by atoms with Crippen molar-refractivity contribution in [1.29, 1.82) is 0 Å². The number of rotatable bonds is 6. The van der Waals surface area contributed by atoms with Crippen LogP contribution in [0.3, 0.4) is 0 Å². The summed E-state index contributed by atoms with van der Waals surface area (Å²) in [5.74, 6) is 0. The third kappa shape index (κ3) is 3.13. The first-order chi connectivity index (χ1) is 8.29. The van der Waals surface area contributed by atoms with Crippen LogP contribution in [0.2, 0.25) is 0 Å². The van der Waals surface area contributed by atoms with Crippen LogP contribution in [0.4, 0.5) is 4.39 Å². The number of halogens is 1. The van der Waals surface area contributed by atoms with Gasteiger partial charge in [-0.3, -0.25) is 9.36 Å². The Labute approximate surface area is 99.2 Å². The van der Waals surface area contributed by atoms with Gasteiger partial charge in [-0.25, -0.2) is 4.39 Å². The molecule has 0 spiro atoms. The molecule has 0 aliphatic carbocycles. The molecule has 0 aliphatic heterocycles. The van der Waals surface area contributed by atoms with Crippen molar-refractivity contribution in [2.75, 3.05) is 6.67 Å². The van der Waals surface area contributed by atoms with Gasteiger partial charge in [0, 0.05) is 38.1 Å². The monoisotopic (exact) mass is 237 g/mol. The van der Waals surface area contributed by atoms with E-state index in [1.165, 1.54) is 0 Å². The molecule has 92 valence electrons. The van der Waals surface area contributed by atoms with E-state index in [4.69, 9.17) is 0 Å².